The molecule has 0 amide bonds. The van der Waals surface area contributed by atoms with Gasteiger partial charge in [-0.2, -0.15) is 4.98 Å². The van der Waals surface area contributed by atoms with Crippen molar-refractivity contribution in [2.45, 2.75) is 13.0 Å². The highest BCUT2D eigenvalue weighted by atomic mass is 79.9. The number of hydrogen-bond acceptors (Lipinski definition) is 5. The molecule has 5 nitrogen and oxygen atoms in total. The van der Waals surface area contributed by atoms with Crippen molar-refractivity contribution in [2.75, 3.05) is 26.2 Å². The fourth-order valence-corrected chi connectivity index (χ4v) is 2.95. The van der Waals surface area contributed by atoms with E-state index in [2.05, 4.69) is 36.3 Å². The first kappa shape index (κ1) is 14.6. The summed E-state index contributed by atoms with van der Waals surface area (Å²) in [5, 5.41) is 7.32. The summed E-state index contributed by atoms with van der Waals surface area (Å²) in [6.07, 6.45) is 0. The number of piperazine rings is 1. The Bertz CT molecular complexity index is 607. The van der Waals surface area contributed by atoms with Crippen molar-refractivity contribution in [3.05, 3.63) is 34.3 Å². The summed E-state index contributed by atoms with van der Waals surface area (Å²) in [5.41, 5.74) is 0.309. The second kappa shape index (κ2) is 6.21. The lowest BCUT2D eigenvalue weighted by Crippen LogP contribution is -2.44. The van der Waals surface area contributed by atoms with Crippen molar-refractivity contribution in [1.82, 2.24) is 20.4 Å². The minimum atomic E-state index is -0.380. The first-order valence-electron chi connectivity index (χ1n) is 6.89. The van der Waals surface area contributed by atoms with Crippen LogP contribution in [-0.4, -0.2) is 41.2 Å². The molecule has 1 N–H and O–H groups in total. The van der Waals surface area contributed by atoms with Gasteiger partial charge in [-0.25, -0.2) is 4.39 Å². The number of rotatable bonds is 3. The topological polar surface area (TPSA) is 54.2 Å². The van der Waals surface area contributed by atoms with Crippen LogP contribution in [0.5, 0.6) is 0 Å². The summed E-state index contributed by atoms with van der Waals surface area (Å²) in [6, 6.07) is 4.81. The molecule has 1 fully saturated rings. The monoisotopic (exact) mass is 354 g/mol. The first-order valence-corrected chi connectivity index (χ1v) is 7.69. The van der Waals surface area contributed by atoms with Gasteiger partial charge < -0.3 is 9.84 Å². The maximum Gasteiger partial charge on any atom is 0.262 e. The lowest BCUT2D eigenvalue weighted by molar-refractivity contribution is 0.176. The lowest BCUT2D eigenvalue weighted by atomic mass is 10.2. The highest BCUT2D eigenvalue weighted by molar-refractivity contribution is 9.10. The number of hydrogen-bond donors (Lipinski definition) is 1. The molecule has 1 aromatic carbocycles. The molecule has 1 unspecified atom stereocenters. The van der Waals surface area contributed by atoms with E-state index < -0.39 is 0 Å². The number of nitrogens with one attached hydrogen (secondary N) is 1. The highest BCUT2D eigenvalue weighted by Crippen LogP contribution is 2.30. The maximum absolute atomic E-state index is 13.9. The molecule has 0 radical (unpaired) electrons. The molecule has 0 aliphatic carbocycles. The molecule has 1 aliphatic rings. The summed E-state index contributed by atoms with van der Waals surface area (Å²) in [6.45, 7) is 5.82. The molecule has 3 rings (SSSR count). The van der Waals surface area contributed by atoms with Crippen LogP contribution in [-0.2, 0) is 0 Å². The molecule has 0 spiro atoms. The van der Waals surface area contributed by atoms with Crippen LogP contribution in [0.1, 0.15) is 18.8 Å². The van der Waals surface area contributed by atoms with Gasteiger partial charge in [0.05, 0.1) is 11.6 Å². The smallest absolute Gasteiger partial charge is 0.262 e. The second-order valence-electron chi connectivity index (χ2n) is 5.02. The normalized spacial score (nSPS) is 17.9. The van der Waals surface area contributed by atoms with E-state index in [4.69, 9.17) is 4.52 Å². The van der Waals surface area contributed by atoms with Crippen LogP contribution in [0.2, 0.25) is 0 Å². The fraction of sp³-hybridized carbons (Fsp3) is 0.429. The van der Waals surface area contributed by atoms with Crippen molar-refractivity contribution in [3.63, 3.8) is 0 Å². The van der Waals surface area contributed by atoms with E-state index in [1.54, 1.807) is 12.1 Å². The molecule has 21 heavy (non-hydrogen) atoms. The SMILES string of the molecule is CC(c1noc(-c2c(F)cccc2Br)n1)N1CCNCC1. The third-order valence-corrected chi connectivity index (χ3v) is 4.35. The van der Waals surface area contributed by atoms with Crippen LogP contribution in [0.15, 0.2) is 27.2 Å². The number of halogens is 2. The zero-order valence-corrected chi connectivity index (χ0v) is 13.2. The Labute approximate surface area is 130 Å². The quantitative estimate of drug-likeness (QED) is 0.917. The van der Waals surface area contributed by atoms with Crippen molar-refractivity contribution < 1.29 is 8.91 Å². The van der Waals surface area contributed by atoms with Crippen LogP contribution in [0.4, 0.5) is 4.39 Å². The zero-order chi connectivity index (χ0) is 14.8. The van der Waals surface area contributed by atoms with Gasteiger partial charge in [0.15, 0.2) is 5.82 Å². The first-order chi connectivity index (χ1) is 10.2. The minimum Gasteiger partial charge on any atom is -0.334 e. The number of aromatic nitrogens is 2. The average molecular weight is 355 g/mol. The van der Waals surface area contributed by atoms with Gasteiger partial charge in [-0.3, -0.25) is 4.90 Å². The summed E-state index contributed by atoms with van der Waals surface area (Å²) < 4.78 is 19.8. The second-order valence-corrected chi connectivity index (χ2v) is 5.87. The van der Waals surface area contributed by atoms with Gasteiger partial charge in [0, 0.05) is 30.7 Å². The lowest BCUT2D eigenvalue weighted by Gasteiger charge is -2.30. The highest BCUT2D eigenvalue weighted by Gasteiger charge is 2.24. The third kappa shape index (κ3) is 3.00. The van der Waals surface area contributed by atoms with E-state index in [0.29, 0.717) is 15.9 Å². The molecular weight excluding hydrogens is 339 g/mol. The summed E-state index contributed by atoms with van der Waals surface area (Å²) in [7, 11) is 0. The number of benzene rings is 1. The van der Waals surface area contributed by atoms with E-state index in [0.717, 1.165) is 26.2 Å². The van der Waals surface area contributed by atoms with Crippen LogP contribution < -0.4 is 5.32 Å². The van der Waals surface area contributed by atoms with Gasteiger partial charge in [0.2, 0.25) is 0 Å². The van der Waals surface area contributed by atoms with Gasteiger partial charge in [0.25, 0.3) is 5.89 Å². The van der Waals surface area contributed by atoms with Gasteiger partial charge in [-0.1, -0.05) is 11.2 Å². The van der Waals surface area contributed by atoms with Crippen molar-refractivity contribution >= 4 is 15.9 Å². The molecule has 112 valence electrons. The van der Waals surface area contributed by atoms with E-state index in [-0.39, 0.29) is 17.7 Å². The maximum atomic E-state index is 13.9. The predicted octanol–water partition coefficient (Wildman–Crippen LogP) is 2.60. The van der Waals surface area contributed by atoms with Gasteiger partial charge in [-0.05, 0) is 35.0 Å². The van der Waals surface area contributed by atoms with Crippen LogP contribution in [0.25, 0.3) is 11.5 Å². The van der Waals surface area contributed by atoms with Crippen LogP contribution in [0.3, 0.4) is 0 Å². The molecule has 1 atom stereocenters. The minimum absolute atomic E-state index is 0.0511. The standard InChI is InChI=1S/C14H16BrFN4O/c1-9(20-7-5-17-6-8-20)13-18-14(21-19-13)12-10(15)3-2-4-11(12)16/h2-4,9,17H,5-8H2,1H3. The van der Waals surface area contributed by atoms with Crippen LogP contribution in [0, 0.1) is 5.82 Å². The van der Waals surface area contributed by atoms with Crippen molar-refractivity contribution in [3.8, 4) is 11.5 Å². The molecule has 0 bridgehead atoms. The van der Waals surface area contributed by atoms with Crippen molar-refractivity contribution in [2.24, 2.45) is 0 Å². The molecule has 1 aliphatic heterocycles. The zero-order valence-electron chi connectivity index (χ0n) is 11.6. The molecule has 7 heteroatoms. The third-order valence-electron chi connectivity index (χ3n) is 3.69. The summed E-state index contributed by atoms with van der Waals surface area (Å²) in [4.78, 5) is 6.65. The van der Waals surface area contributed by atoms with Crippen LogP contribution >= 0.6 is 15.9 Å². The summed E-state index contributed by atoms with van der Waals surface area (Å²) >= 11 is 3.32. The van der Waals surface area contributed by atoms with E-state index in [9.17, 15) is 4.39 Å². The largest absolute Gasteiger partial charge is 0.334 e. The van der Waals surface area contributed by atoms with Gasteiger partial charge in [0.1, 0.15) is 5.82 Å². The number of nitrogens with zero attached hydrogens (tertiary/aromatic N) is 3. The fourth-order valence-electron chi connectivity index (χ4n) is 2.44. The van der Waals surface area contributed by atoms with E-state index >= 15 is 0 Å². The Hall–Kier alpha value is -1.31. The Kier molecular flexibility index (Phi) is 4.32. The molecule has 1 aromatic heterocycles. The Morgan fingerprint density at radius 2 is 2.14 bits per heavy atom. The average Bonchev–Trinajstić information content (AvgIpc) is 2.97. The Balaban J connectivity index is 1.86. The predicted molar refractivity (Wildman–Crippen MR) is 80.2 cm³/mol. The summed E-state index contributed by atoms with van der Waals surface area (Å²) in [5.74, 6) is 0.411. The van der Waals surface area contributed by atoms with E-state index in [1.165, 1.54) is 6.07 Å². The molecular formula is C14H16BrFN4O. The Morgan fingerprint density at radius 1 is 1.38 bits per heavy atom. The van der Waals surface area contributed by atoms with E-state index in [1.807, 2.05) is 6.92 Å². The molecule has 0 saturated carbocycles. The molecule has 1 saturated heterocycles. The molecule has 2 aromatic rings. The Morgan fingerprint density at radius 3 is 2.86 bits per heavy atom. The molecule has 2 heterocycles. The van der Waals surface area contributed by atoms with Gasteiger partial charge in [-0.15, -0.1) is 0 Å². The van der Waals surface area contributed by atoms with Gasteiger partial charge >= 0.3 is 0 Å². The van der Waals surface area contributed by atoms with Crippen molar-refractivity contribution in [1.29, 1.82) is 0 Å².